The van der Waals surface area contributed by atoms with E-state index in [1.54, 1.807) is 0 Å². The van der Waals surface area contributed by atoms with Gasteiger partial charge in [0.2, 0.25) is 0 Å². The molecule has 0 amide bonds. The van der Waals surface area contributed by atoms with Gasteiger partial charge in [0, 0.05) is 0 Å². The maximum atomic E-state index is 12.0. The van der Waals surface area contributed by atoms with Crippen molar-refractivity contribution in [1.82, 2.24) is 5.32 Å². The highest BCUT2D eigenvalue weighted by molar-refractivity contribution is 5.76. The van der Waals surface area contributed by atoms with E-state index in [0.29, 0.717) is 19.1 Å². The fraction of sp³-hybridized carbons (Fsp3) is 0.667. The van der Waals surface area contributed by atoms with Crippen molar-refractivity contribution in [2.45, 2.75) is 39.7 Å². The monoisotopic (exact) mass is 249 g/mol. The molecule has 0 bridgehead atoms. The third kappa shape index (κ3) is 4.19. The van der Waals surface area contributed by atoms with Crippen molar-refractivity contribution in [1.29, 1.82) is 0 Å². The molecule has 3 atom stereocenters. The van der Waals surface area contributed by atoms with Crippen LogP contribution in [0.15, 0.2) is 11.6 Å². The standard InChI is InChI=1S/C15H23NO2/c1-5-7-16-14(15(17)18-6-2)13-9-11(3)8-12(4)10-13/h1,8,11,13-14,16H,6-7,9-10H2,2-4H3. The summed E-state index contributed by atoms with van der Waals surface area (Å²) in [5, 5.41) is 3.13. The van der Waals surface area contributed by atoms with Crippen LogP contribution in [0, 0.1) is 24.2 Å². The number of ether oxygens (including phenoxy) is 1. The molecule has 0 aromatic rings. The number of nitrogens with one attached hydrogen (secondary N) is 1. The number of hydrogen-bond acceptors (Lipinski definition) is 3. The van der Waals surface area contributed by atoms with Crippen LogP contribution in [0.1, 0.15) is 33.6 Å². The van der Waals surface area contributed by atoms with Gasteiger partial charge < -0.3 is 4.74 Å². The van der Waals surface area contributed by atoms with Gasteiger partial charge in [-0.1, -0.05) is 24.5 Å². The van der Waals surface area contributed by atoms with E-state index in [4.69, 9.17) is 11.2 Å². The lowest BCUT2D eigenvalue weighted by molar-refractivity contribution is -0.147. The largest absolute Gasteiger partial charge is 0.465 e. The molecule has 0 aromatic heterocycles. The molecule has 1 aliphatic carbocycles. The third-order valence-electron chi connectivity index (χ3n) is 3.26. The Morgan fingerprint density at radius 1 is 1.72 bits per heavy atom. The number of rotatable bonds is 5. The van der Waals surface area contributed by atoms with Crippen LogP contribution in [0.5, 0.6) is 0 Å². The average molecular weight is 249 g/mol. The Kier molecular flexibility index (Phi) is 5.94. The molecular weight excluding hydrogens is 226 g/mol. The first-order chi connectivity index (χ1) is 8.58. The minimum Gasteiger partial charge on any atom is -0.465 e. The van der Waals surface area contributed by atoms with Crippen LogP contribution in [0.2, 0.25) is 0 Å². The molecule has 3 heteroatoms. The molecule has 1 N–H and O–H groups in total. The second-order valence-corrected chi connectivity index (χ2v) is 5.00. The lowest BCUT2D eigenvalue weighted by Crippen LogP contribution is -2.45. The van der Waals surface area contributed by atoms with E-state index in [9.17, 15) is 4.79 Å². The van der Waals surface area contributed by atoms with Crippen LogP contribution in [0.25, 0.3) is 0 Å². The molecule has 0 fully saturated rings. The third-order valence-corrected chi connectivity index (χ3v) is 3.26. The zero-order valence-corrected chi connectivity index (χ0v) is 11.5. The predicted molar refractivity (Wildman–Crippen MR) is 72.9 cm³/mol. The van der Waals surface area contributed by atoms with Gasteiger partial charge in [0.1, 0.15) is 6.04 Å². The second-order valence-electron chi connectivity index (χ2n) is 5.00. The van der Waals surface area contributed by atoms with Gasteiger partial charge >= 0.3 is 5.97 Å². The number of hydrogen-bond donors (Lipinski definition) is 1. The lowest BCUT2D eigenvalue weighted by atomic mass is 9.79. The summed E-state index contributed by atoms with van der Waals surface area (Å²) >= 11 is 0. The highest BCUT2D eigenvalue weighted by Gasteiger charge is 2.31. The highest BCUT2D eigenvalue weighted by Crippen LogP contribution is 2.30. The van der Waals surface area contributed by atoms with Crippen LogP contribution in [-0.2, 0) is 9.53 Å². The molecule has 0 saturated carbocycles. The zero-order valence-electron chi connectivity index (χ0n) is 11.5. The molecule has 100 valence electrons. The van der Waals surface area contributed by atoms with E-state index in [-0.39, 0.29) is 17.9 Å². The van der Waals surface area contributed by atoms with Crippen molar-refractivity contribution in [2.75, 3.05) is 13.2 Å². The molecule has 18 heavy (non-hydrogen) atoms. The van der Waals surface area contributed by atoms with Crippen LogP contribution < -0.4 is 5.32 Å². The number of carbonyl (C=O) groups excluding carboxylic acids is 1. The van der Waals surface area contributed by atoms with E-state index in [0.717, 1.165) is 12.8 Å². The first-order valence-electron chi connectivity index (χ1n) is 6.59. The van der Waals surface area contributed by atoms with E-state index in [2.05, 4.69) is 31.2 Å². The Hall–Kier alpha value is -1.27. The van der Waals surface area contributed by atoms with Crippen LogP contribution in [0.3, 0.4) is 0 Å². The average Bonchev–Trinajstić information content (AvgIpc) is 2.28. The fourth-order valence-corrected chi connectivity index (χ4v) is 2.69. The Labute approximate surface area is 110 Å². The van der Waals surface area contributed by atoms with Gasteiger partial charge in [-0.3, -0.25) is 10.1 Å². The predicted octanol–water partition coefficient (Wildman–Crippen LogP) is 2.13. The Bertz CT molecular complexity index is 354. The summed E-state index contributed by atoms with van der Waals surface area (Å²) in [6.45, 7) is 6.93. The molecule has 0 aromatic carbocycles. The number of terminal acetylenes is 1. The smallest absolute Gasteiger partial charge is 0.323 e. The second kappa shape index (κ2) is 7.23. The molecule has 1 aliphatic rings. The normalized spacial score (nSPS) is 24.9. The quantitative estimate of drug-likeness (QED) is 0.461. The summed E-state index contributed by atoms with van der Waals surface area (Å²) in [6, 6.07) is -0.285. The molecule has 3 nitrogen and oxygen atoms in total. The summed E-state index contributed by atoms with van der Waals surface area (Å²) in [4.78, 5) is 12.0. The first kappa shape index (κ1) is 14.8. The maximum Gasteiger partial charge on any atom is 0.323 e. The van der Waals surface area contributed by atoms with Crippen molar-refractivity contribution < 1.29 is 9.53 Å². The first-order valence-corrected chi connectivity index (χ1v) is 6.59. The Morgan fingerprint density at radius 3 is 3.00 bits per heavy atom. The molecule has 3 unspecified atom stereocenters. The number of carbonyl (C=O) groups is 1. The molecule has 0 saturated heterocycles. The van der Waals surface area contributed by atoms with Crippen molar-refractivity contribution in [3.8, 4) is 12.3 Å². The summed E-state index contributed by atoms with van der Waals surface area (Å²) in [6.07, 6.45) is 9.47. The van der Waals surface area contributed by atoms with Gasteiger partial charge in [-0.2, -0.15) is 0 Å². The highest BCUT2D eigenvalue weighted by atomic mass is 16.5. The number of allylic oxidation sites excluding steroid dienone is 2. The van der Waals surface area contributed by atoms with Gasteiger partial charge in [-0.05, 0) is 38.5 Å². The van der Waals surface area contributed by atoms with Crippen LogP contribution >= 0.6 is 0 Å². The van der Waals surface area contributed by atoms with Gasteiger partial charge in [0.05, 0.1) is 13.2 Å². The SMILES string of the molecule is C#CCNC(C(=O)OCC)C1CC(C)=CC(C)C1. The van der Waals surface area contributed by atoms with E-state index in [1.165, 1.54) is 5.57 Å². The summed E-state index contributed by atoms with van der Waals surface area (Å²) in [5.41, 5.74) is 1.34. The van der Waals surface area contributed by atoms with Crippen molar-refractivity contribution in [3.63, 3.8) is 0 Å². The van der Waals surface area contributed by atoms with Crippen molar-refractivity contribution >= 4 is 5.97 Å². The lowest BCUT2D eigenvalue weighted by Gasteiger charge is -2.31. The van der Waals surface area contributed by atoms with Crippen molar-refractivity contribution in [2.24, 2.45) is 11.8 Å². The number of esters is 1. The molecule has 0 radical (unpaired) electrons. The van der Waals surface area contributed by atoms with Gasteiger partial charge in [-0.15, -0.1) is 6.42 Å². The molecule has 0 aliphatic heterocycles. The minimum absolute atomic E-state index is 0.181. The minimum atomic E-state index is -0.285. The zero-order chi connectivity index (χ0) is 13.5. The Morgan fingerprint density at radius 2 is 2.44 bits per heavy atom. The molecule has 0 heterocycles. The van der Waals surface area contributed by atoms with Crippen molar-refractivity contribution in [3.05, 3.63) is 11.6 Å². The van der Waals surface area contributed by atoms with Gasteiger partial charge in [-0.25, -0.2) is 0 Å². The van der Waals surface area contributed by atoms with E-state index >= 15 is 0 Å². The summed E-state index contributed by atoms with van der Waals surface area (Å²) < 4.78 is 5.14. The molecule has 0 spiro atoms. The fourth-order valence-electron chi connectivity index (χ4n) is 2.69. The van der Waals surface area contributed by atoms with Crippen LogP contribution in [0.4, 0.5) is 0 Å². The van der Waals surface area contributed by atoms with E-state index in [1.807, 2.05) is 6.92 Å². The topological polar surface area (TPSA) is 38.3 Å². The molecule has 1 rings (SSSR count). The summed E-state index contributed by atoms with van der Waals surface area (Å²) in [7, 11) is 0. The van der Waals surface area contributed by atoms with Crippen LogP contribution in [-0.4, -0.2) is 25.2 Å². The maximum absolute atomic E-state index is 12.0. The summed E-state index contributed by atoms with van der Waals surface area (Å²) in [5.74, 6) is 3.13. The molecular formula is C15H23NO2. The Balaban J connectivity index is 2.73. The van der Waals surface area contributed by atoms with Gasteiger partial charge in [0.15, 0.2) is 0 Å². The van der Waals surface area contributed by atoms with Gasteiger partial charge in [0.25, 0.3) is 0 Å². The van der Waals surface area contributed by atoms with E-state index < -0.39 is 0 Å².